The van der Waals surface area contributed by atoms with Gasteiger partial charge in [-0.25, -0.2) is 4.79 Å². The van der Waals surface area contributed by atoms with Crippen molar-refractivity contribution >= 4 is 34.2 Å². The molecular weight excluding hydrogens is 392 g/mol. The van der Waals surface area contributed by atoms with Crippen LogP contribution in [0.4, 0.5) is 5.69 Å². The Hall–Kier alpha value is -3.67. The lowest BCUT2D eigenvalue weighted by atomic mass is 9.86. The molecule has 1 N–H and O–H groups in total. The number of amides is 2. The average molecular weight is 412 g/mol. The van der Waals surface area contributed by atoms with Gasteiger partial charge in [-0.15, -0.1) is 0 Å². The van der Waals surface area contributed by atoms with Gasteiger partial charge in [-0.3, -0.25) is 14.5 Å². The highest BCUT2D eigenvalue weighted by Gasteiger charge is 2.48. The van der Waals surface area contributed by atoms with Crippen molar-refractivity contribution in [3.05, 3.63) is 76.9 Å². The minimum atomic E-state index is -1.10. The molecule has 0 saturated carbocycles. The van der Waals surface area contributed by atoms with E-state index in [4.69, 9.17) is 0 Å². The smallest absolute Gasteiger partial charge is 0.336 e. The van der Waals surface area contributed by atoms with Crippen molar-refractivity contribution < 1.29 is 19.5 Å². The number of likely N-dealkylation sites (tertiary alicyclic amines) is 1. The molecule has 0 unspecified atom stereocenters. The Balaban J connectivity index is 1.63. The lowest BCUT2D eigenvalue weighted by Crippen LogP contribution is -2.40. The van der Waals surface area contributed by atoms with Crippen molar-refractivity contribution in [2.24, 2.45) is 0 Å². The van der Waals surface area contributed by atoms with Gasteiger partial charge in [0.15, 0.2) is 0 Å². The van der Waals surface area contributed by atoms with Crippen LogP contribution in [0.15, 0.2) is 54.6 Å². The highest BCUT2D eigenvalue weighted by molar-refractivity contribution is 6.19. The Bertz CT molecular complexity index is 1300. The first kappa shape index (κ1) is 18.1. The third-order valence-electron chi connectivity index (χ3n) is 6.89. The van der Waals surface area contributed by atoms with E-state index < -0.39 is 5.97 Å². The summed E-state index contributed by atoms with van der Waals surface area (Å²) in [5.74, 6) is -1.24. The van der Waals surface area contributed by atoms with Gasteiger partial charge in [0.25, 0.3) is 5.91 Å². The SMILES string of the molecule is O=C(O)c1cccc2c1C(=O)N1c3c(ccc4ccccc34)[C@@H](N3CCCC3=O)C[C@@H]21. The molecule has 0 spiro atoms. The van der Waals surface area contributed by atoms with Gasteiger partial charge in [0.1, 0.15) is 0 Å². The number of fused-ring (bicyclic) bond motifs is 7. The van der Waals surface area contributed by atoms with Gasteiger partial charge in [-0.05, 0) is 35.4 Å². The Labute approximate surface area is 178 Å². The second-order valence-corrected chi connectivity index (χ2v) is 8.43. The molecule has 3 aromatic rings. The number of benzene rings is 3. The van der Waals surface area contributed by atoms with Gasteiger partial charge in [0.05, 0.1) is 28.9 Å². The molecule has 2 amide bonds. The molecule has 0 bridgehead atoms. The van der Waals surface area contributed by atoms with Crippen molar-refractivity contribution in [2.75, 3.05) is 11.4 Å². The number of carbonyl (C=O) groups is 3. The van der Waals surface area contributed by atoms with Crippen LogP contribution in [-0.4, -0.2) is 34.3 Å². The summed E-state index contributed by atoms with van der Waals surface area (Å²) >= 11 is 0. The molecule has 3 aliphatic rings. The minimum absolute atomic E-state index is 0.0347. The number of aromatic carboxylic acids is 1. The largest absolute Gasteiger partial charge is 0.478 e. The van der Waals surface area contributed by atoms with Gasteiger partial charge >= 0.3 is 5.97 Å². The summed E-state index contributed by atoms with van der Waals surface area (Å²) in [5.41, 5.74) is 2.81. The van der Waals surface area contributed by atoms with E-state index in [0.29, 0.717) is 19.4 Å². The topological polar surface area (TPSA) is 77.9 Å². The molecule has 6 heteroatoms. The van der Waals surface area contributed by atoms with Gasteiger partial charge in [-0.1, -0.05) is 48.5 Å². The molecule has 3 aromatic carbocycles. The molecule has 0 radical (unpaired) electrons. The maximum Gasteiger partial charge on any atom is 0.336 e. The fourth-order valence-electron chi connectivity index (χ4n) is 5.60. The van der Waals surface area contributed by atoms with Crippen LogP contribution in [0.3, 0.4) is 0 Å². The van der Waals surface area contributed by atoms with Crippen LogP contribution >= 0.6 is 0 Å². The van der Waals surface area contributed by atoms with Crippen LogP contribution in [0, 0.1) is 0 Å². The molecule has 3 heterocycles. The average Bonchev–Trinajstić information content (AvgIpc) is 3.33. The molecule has 2 atom stereocenters. The zero-order valence-electron chi connectivity index (χ0n) is 16.7. The molecule has 6 rings (SSSR count). The highest BCUT2D eigenvalue weighted by Crippen LogP contribution is 2.53. The molecular formula is C25H20N2O4. The maximum atomic E-state index is 13.6. The first-order chi connectivity index (χ1) is 15.1. The summed E-state index contributed by atoms with van der Waals surface area (Å²) in [6, 6.07) is 16.6. The van der Waals surface area contributed by atoms with Crippen LogP contribution in [0.1, 0.15) is 63.2 Å². The molecule has 3 aliphatic heterocycles. The molecule has 1 fully saturated rings. The van der Waals surface area contributed by atoms with Crippen molar-refractivity contribution in [3.63, 3.8) is 0 Å². The number of carboxylic acid groups (broad SMARTS) is 1. The lowest BCUT2D eigenvalue weighted by Gasteiger charge is -2.41. The van der Waals surface area contributed by atoms with Crippen LogP contribution in [0.25, 0.3) is 10.8 Å². The summed E-state index contributed by atoms with van der Waals surface area (Å²) in [7, 11) is 0. The fraction of sp³-hybridized carbons (Fsp3) is 0.240. The number of carbonyl (C=O) groups excluding carboxylic acids is 2. The number of hydrogen-bond acceptors (Lipinski definition) is 3. The Morgan fingerprint density at radius 1 is 0.935 bits per heavy atom. The summed E-state index contributed by atoms with van der Waals surface area (Å²) in [4.78, 5) is 41.9. The third-order valence-corrected chi connectivity index (χ3v) is 6.89. The third kappa shape index (κ3) is 2.42. The number of nitrogens with zero attached hydrogens (tertiary/aromatic N) is 2. The predicted molar refractivity (Wildman–Crippen MR) is 115 cm³/mol. The lowest BCUT2D eigenvalue weighted by molar-refractivity contribution is -0.130. The van der Waals surface area contributed by atoms with Gasteiger partial charge in [0.2, 0.25) is 5.91 Å². The molecule has 1 saturated heterocycles. The van der Waals surface area contributed by atoms with Crippen LogP contribution in [-0.2, 0) is 4.79 Å². The Morgan fingerprint density at radius 3 is 2.55 bits per heavy atom. The molecule has 154 valence electrons. The van der Waals surface area contributed by atoms with E-state index in [1.165, 1.54) is 6.07 Å². The first-order valence-electron chi connectivity index (χ1n) is 10.6. The van der Waals surface area contributed by atoms with Crippen molar-refractivity contribution in [1.82, 2.24) is 4.90 Å². The Kier molecular flexibility index (Phi) is 3.75. The van der Waals surface area contributed by atoms with Crippen molar-refractivity contribution in [2.45, 2.75) is 31.3 Å². The zero-order chi connectivity index (χ0) is 21.3. The number of anilines is 1. The van der Waals surface area contributed by atoms with Gasteiger partial charge < -0.3 is 10.0 Å². The summed E-state index contributed by atoms with van der Waals surface area (Å²) in [6.07, 6.45) is 1.96. The van der Waals surface area contributed by atoms with Crippen LogP contribution in [0.5, 0.6) is 0 Å². The zero-order valence-corrected chi connectivity index (χ0v) is 16.7. The van der Waals surface area contributed by atoms with Crippen LogP contribution < -0.4 is 4.90 Å². The van der Waals surface area contributed by atoms with Gasteiger partial charge in [-0.2, -0.15) is 0 Å². The monoisotopic (exact) mass is 412 g/mol. The molecule has 0 aliphatic carbocycles. The number of carboxylic acids is 1. The van der Waals surface area contributed by atoms with E-state index in [1.54, 1.807) is 11.0 Å². The fourth-order valence-corrected chi connectivity index (χ4v) is 5.60. The highest BCUT2D eigenvalue weighted by atomic mass is 16.4. The van der Waals surface area contributed by atoms with Crippen molar-refractivity contribution in [1.29, 1.82) is 0 Å². The van der Waals surface area contributed by atoms with E-state index in [-0.39, 0.29) is 35.0 Å². The van der Waals surface area contributed by atoms with Crippen molar-refractivity contribution in [3.8, 4) is 0 Å². The summed E-state index contributed by atoms with van der Waals surface area (Å²) in [6.45, 7) is 0.707. The molecule has 6 nitrogen and oxygen atoms in total. The standard InChI is InChI=1S/C25H20N2O4/c28-21-9-4-12-26(21)19-13-20-16-7-3-8-18(25(30)31)22(16)24(29)27(20)23-15-6-2-1-5-14(15)10-11-17(19)23/h1-3,5-8,10-11,19-20H,4,9,12-13H2,(H,30,31)/t19-,20-/m0/s1. The molecule has 0 aromatic heterocycles. The summed E-state index contributed by atoms with van der Waals surface area (Å²) in [5, 5.41) is 11.7. The first-order valence-corrected chi connectivity index (χ1v) is 10.6. The minimum Gasteiger partial charge on any atom is -0.478 e. The second-order valence-electron chi connectivity index (χ2n) is 8.43. The summed E-state index contributed by atoms with van der Waals surface area (Å²) < 4.78 is 0. The van der Waals surface area contributed by atoms with E-state index in [0.717, 1.165) is 34.0 Å². The van der Waals surface area contributed by atoms with E-state index in [9.17, 15) is 19.5 Å². The van der Waals surface area contributed by atoms with Crippen LogP contribution in [0.2, 0.25) is 0 Å². The number of hydrogen-bond donors (Lipinski definition) is 1. The second kappa shape index (κ2) is 6.41. The predicted octanol–water partition coefficient (Wildman–Crippen LogP) is 4.31. The Morgan fingerprint density at radius 2 is 1.77 bits per heavy atom. The normalized spacial score (nSPS) is 21.9. The maximum absolute atomic E-state index is 13.6. The quantitative estimate of drug-likeness (QED) is 0.681. The van der Waals surface area contributed by atoms with E-state index in [1.807, 2.05) is 47.4 Å². The van der Waals surface area contributed by atoms with E-state index in [2.05, 4.69) is 0 Å². The molecule has 31 heavy (non-hydrogen) atoms. The van der Waals surface area contributed by atoms with E-state index >= 15 is 0 Å². The number of rotatable bonds is 2. The van der Waals surface area contributed by atoms with Gasteiger partial charge in [0, 0.05) is 18.4 Å².